The molecule has 1 unspecified atom stereocenters. The molecule has 1 atom stereocenters. The van der Waals surface area contributed by atoms with Gasteiger partial charge in [0.25, 0.3) is 0 Å². The summed E-state index contributed by atoms with van der Waals surface area (Å²) in [5.41, 5.74) is 2.34. The van der Waals surface area contributed by atoms with Gasteiger partial charge in [0.15, 0.2) is 11.5 Å². The SMILES string of the molecule is CC1CCC(C)CC1.CCC(C)Cc1ccc2c(c1)OCO2.Cc1nc(N(C)C)c2ccccc2n1. The highest BCUT2D eigenvalue weighted by Gasteiger charge is 2.14. The van der Waals surface area contributed by atoms with Crippen molar-refractivity contribution >= 4 is 16.7 Å². The molecule has 0 radical (unpaired) electrons. The van der Waals surface area contributed by atoms with Crippen LogP contribution in [0.3, 0.4) is 0 Å². The van der Waals surface area contributed by atoms with Gasteiger partial charge in [-0.15, -0.1) is 0 Å². The van der Waals surface area contributed by atoms with E-state index < -0.39 is 0 Å². The van der Waals surface area contributed by atoms with E-state index >= 15 is 0 Å². The smallest absolute Gasteiger partial charge is 0.231 e. The van der Waals surface area contributed by atoms with Gasteiger partial charge >= 0.3 is 0 Å². The molecule has 0 spiro atoms. The highest BCUT2D eigenvalue weighted by atomic mass is 16.7. The number of aryl methyl sites for hydroxylation is 1. The van der Waals surface area contributed by atoms with Crippen LogP contribution in [0.25, 0.3) is 10.9 Å². The number of fused-ring (bicyclic) bond motifs is 2. The second kappa shape index (κ2) is 13.5. The quantitative estimate of drug-likeness (QED) is 0.372. The highest BCUT2D eigenvalue weighted by molar-refractivity contribution is 5.89. The lowest BCUT2D eigenvalue weighted by Crippen LogP contribution is -2.12. The first kappa shape index (κ1) is 27.8. The van der Waals surface area contributed by atoms with Crippen molar-refractivity contribution < 1.29 is 9.47 Å². The van der Waals surface area contributed by atoms with Crippen molar-refractivity contribution in [2.45, 2.75) is 73.1 Å². The third-order valence-corrected chi connectivity index (χ3v) is 7.14. The number of aromatic nitrogens is 2. The fourth-order valence-corrected chi connectivity index (χ4v) is 4.56. The molecule has 0 bridgehead atoms. The summed E-state index contributed by atoms with van der Waals surface area (Å²) in [5, 5.41) is 1.10. The van der Waals surface area contributed by atoms with Crippen molar-refractivity contribution in [2.24, 2.45) is 17.8 Å². The number of para-hydroxylation sites is 1. The number of hydrogen-bond acceptors (Lipinski definition) is 5. The Labute approximate surface area is 218 Å². The zero-order valence-electron chi connectivity index (χ0n) is 23.4. The van der Waals surface area contributed by atoms with Crippen molar-refractivity contribution in [3.8, 4) is 11.5 Å². The third-order valence-electron chi connectivity index (χ3n) is 7.14. The van der Waals surface area contributed by atoms with Crippen LogP contribution in [0.15, 0.2) is 42.5 Å². The highest BCUT2D eigenvalue weighted by Crippen LogP contribution is 2.33. The van der Waals surface area contributed by atoms with E-state index in [1.807, 2.05) is 56.3 Å². The first-order valence-corrected chi connectivity index (χ1v) is 13.6. The van der Waals surface area contributed by atoms with Gasteiger partial charge in [0.05, 0.1) is 5.52 Å². The minimum absolute atomic E-state index is 0.363. The summed E-state index contributed by atoms with van der Waals surface area (Å²) in [6.07, 6.45) is 8.23. The van der Waals surface area contributed by atoms with Crippen molar-refractivity contribution in [2.75, 3.05) is 25.8 Å². The number of rotatable bonds is 4. The van der Waals surface area contributed by atoms with Crippen molar-refractivity contribution in [1.29, 1.82) is 0 Å². The van der Waals surface area contributed by atoms with Crippen molar-refractivity contribution in [3.63, 3.8) is 0 Å². The Hall–Kier alpha value is -2.82. The van der Waals surface area contributed by atoms with Gasteiger partial charge in [-0.3, -0.25) is 0 Å². The Kier molecular flexibility index (Phi) is 10.4. The van der Waals surface area contributed by atoms with Crippen LogP contribution in [0.4, 0.5) is 5.82 Å². The lowest BCUT2D eigenvalue weighted by Gasteiger charge is -2.22. The molecule has 1 aliphatic heterocycles. The average molecular weight is 492 g/mol. The molecule has 2 aliphatic rings. The molecule has 1 fully saturated rings. The molecule has 0 N–H and O–H groups in total. The second-order valence-electron chi connectivity index (χ2n) is 10.8. The molecule has 5 rings (SSSR count). The van der Waals surface area contributed by atoms with Gasteiger partial charge in [-0.05, 0) is 60.9 Å². The first-order valence-electron chi connectivity index (χ1n) is 13.6. The van der Waals surface area contributed by atoms with Crippen LogP contribution in [0.5, 0.6) is 11.5 Å². The maximum Gasteiger partial charge on any atom is 0.231 e. The van der Waals surface area contributed by atoms with Crippen LogP contribution in [0.1, 0.15) is 71.2 Å². The van der Waals surface area contributed by atoms with Crippen LogP contribution in [-0.2, 0) is 6.42 Å². The Morgan fingerprint density at radius 3 is 2.19 bits per heavy atom. The predicted molar refractivity (Wildman–Crippen MR) is 151 cm³/mol. The average Bonchev–Trinajstić information content (AvgIpc) is 3.34. The molecule has 1 aromatic heterocycles. The van der Waals surface area contributed by atoms with Gasteiger partial charge in [0.1, 0.15) is 11.6 Å². The topological polar surface area (TPSA) is 47.5 Å². The lowest BCUT2D eigenvalue weighted by molar-refractivity contribution is 0.174. The molecule has 1 saturated carbocycles. The third kappa shape index (κ3) is 8.11. The maximum absolute atomic E-state index is 5.33. The number of hydrogen-bond donors (Lipinski definition) is 0. The van der Waals surface area contributed by atoms with E-state index in [0.717, 1.165) is 58.2 Å². The molecule has 0 saturated heterocycles. The fraction of sp³-hybridized carbons (Fsp3) is 0.548. The van der Waals surface area contributed by atoms with Crippen molar-refractivity contribution in [3.05, 3.63) is 53.9 Å². The lowest BCUT2D eigenvalue weighted by atomic mass is 9.84. The van der Waals surface area contributed by atoms with E-state index in [-0.39, 0.29) is 0 Å². The summed E-state index contributed by atoms with van der Waals surface area (Å²) in [4.78, 5) is 10.8. The first-order chi connectivity index (χ1) is 17.3. The standard InChI is InChI=1S/C12H16O2.C11H13N3.C8H16/c1-3-9(2)6-10-4-5-11-12(7-10)14-8-13-11;1-8-12-10-7-5-4-6-9(10)11(13-8)14(2)3;1-7-3-5-8(2)6-4-7/h4-5,7,9H,3,6,8H2,1-2H3;4-7H,1-3H3;7-8H,3-6H2,1-2H3. The van der Waals surface area contributed by atoms with E-state index in [9.17, 15) is 0 Å². The van der Waals surface area contributed by atoms with Crippen molar-refractivity contribution in [1.82, 2.24) is 9.97 Å². The Balaban J connectivity index is 0.000000157. The summed E-state index contributed by atoms with van der Waals surface area (Å²) in [6, 6.07) is 14.3. The summed E-state index contributed by atoms with van der Waals surface area (Å²) in [5.74, 6) is 6.33. The van der Waals surface area contributed by atoms with Crippen LogP contribution >= 0.6 is 0 Å². The van der Waals surface area contributed by atoms with Gasteiger partial charge in [-0.25, -0.2) is 9.97 Å². The number of nitrogens with zero attached hydrogens (tertiary/aromatic N) is 3. The zero-order valence-corrected chi connectivity index (χ0v) is 23.4. The number of benzene rings is 2. The van der Waals surface area contributed by atoms with E-state index in [0.29, 0.717) is 6.79 Å². The molecule has 5 nitrogen and oxygen atoms in total. The van der Waals surface area contributed by atoms with Crippen LogP contribution in [0.2, 0.25) is 0 Å². The molecule has 2 heterocycles. The van der Waals surface area contributed by atoms with E-state index in [4.69, 9.17) is 9.47 Å². The van der Waals surface area contributed by atoms with Crippen LogP contribution < -0.4 is 14.4 Å². The Morgan fingerprint density at radius 1 is 0.917 bits per heavy atom. The summed E-state index contributed by atoms with van der Waals surface area (Å²) in [7, 11) is 3.99. The van der Waals surface area contributed by atoms with E-state index in [2.05, 4.69) is 49.8 Å². The van der Waals surface area contributed by atoms with Gasteiger partial charge in [-0.1, -0.05) is 78.0 Å². The second-order valence-corrected chi connectivity index (χ2v) is 10.8. The molecular formula is C31H45N3O2. The van der Waals surface area contributed by atoms with Gasteiger partial charge in [-0.2, -0.15) is 0 Å². The molecule has 2 aromatic carbocycles. The van der Waals surface area contributed by atoms with Gasteiger partial charge in [0.2, 0.25) is 6.79 Å². The number of anilines is 1. The minimum Gasteiger partial charge on any atom is -0.454 e. The molecule has 0 amide bonds. The van der Waals surface area contributed by atoms with Gasteiger partial charge in [0, 0.05) is 19.5 Å². The summed E-state index contributed by atoms with van der Waals surface area (Å²) < 4.78 is 10.6. The molecule has 1 aliphatic carbocycles. The molecule has 36 heavy (non-hydrogen) atoms. The van der Waals surface area contributed by atoms with E-state index in [1.165, 1.54) is 37.7 Å². The fourth-order valence-electron chi connectivity index (χ4n) is 4.56. The largest absolute Gasteiger partial charge is 0.454 e. The molecule has 3 aromatic rings. The maximum atomic E-state index is 5.33. The number of ether oxygens (including phenoxy) is 2. The normalized spacial score (nSPS) is 19.0. The predicted octanol–water partition coefficient (Wildman–Crippen LogP) is 7.84. The van der Waals surface area contributed by atoms with Gasteiger partial charge < -0.3 is 14.4 Å². The summed E-state index contributed by atoms with van der Waals surface area (Å²) >= 11 is 0. The molecular weight excluding hydrogens is 446 g/mol. The zero-order chi connectivity index (χ0) is 26.1. The minimum atomic E-state index is 0.363. The Bertz CT molecular complexity index is 1080. The monoisotopic (exact) mass is 491 g/mol. The molecule has 5 heteroatoms. The Morgan fingerprint density at radius 2 is 1.56 bits per heavy atom. The van der Waals surface area contributed by atoms with Crippen LogP contribution in [0, 0.1) is 24.7 Å². The summed E-state index contributed by atoms with van der Waals surface area (Å²) in [6.45, 7) is 11.5. The molecule has 196 valence electrons. The van der Waals surface area contributed by atoms with E-state index in [1.54, 1.807) is 0 Å². The van der Waals surface area contributed by atoms with Crippen LogP contribution in [-0.4, -0.2) is 30.9 Å².